The van der Waals surface area contributed by atoms with Crippen LogP contribution in [0.1, 0.15) is 75.4 Å². The quantitative estimate of drug-likeness (QED) is 0.490. The van der Waals surface area contributed by atoms with Crippen molar-refractivity contribution < 1.29 is 23.4 Å². The standard InChI is InChI=1S/C27H35F2N3O3/c1-16(2)25(29)19-12-21-23(13-27(9-4-10-27)35-26(21)31-14-19)30-15-24(34)22(32-17(3)33)11-18-5-7-20(28)8-6-18/h5-8,12,14,16,22-25,30,34H,4,9-11,13,15H2,1-3H3,(H,32,33)/t22-,23-,24-,25+/m0/s1. The Morgan fingerprint density at radius 1 is 1.29 bits per heavy atom. The molecule has 1 aliphatic carbocycles. The van der Waals surface area contributed by atoms with Crippen LogP contribution in [0.2, 0.25) is 0 Å². The molecule has 6 nitrogen and oxygen atoms in total. The number of benzene rings is 1. The fourth-order valence-corrected chi connectivity index (χ4v) is 4.97. The zero-order chi connectivity index (χ0) is 25.2. The van der Waals surface area contributed by atoms with Crippen molar-refractivity contribution in [3.63, 3.8) is 0 Å². The number of aromatic nitrogens is 1. The molecule has 4 rings (SSSR count). The minimum atomic E-state index is -1.13. The van der Waals surface area contributed by atoms with Crippen LogP contribution in [-0.4, -0.2) is 40.3 Å². The molecule has 0 bridgehead atoms. The molecule has 0 unspecified atom stereocenters. The zero-order valence-corrected chi connectivity index (χ0v) is 20.6. The van der Waals surface area contributed by atoms with Crippen LogP contribution in [0.3, 0.4) is 0 Å². The number of hydrogen-bond donors (Lipinski definition) is 3. The third kappa shape index (κ3) is 5.98. The Hall–Kier alpha value is -2.58. The van der Waals surface area contributed by atoms with E-state index < -0.39 is 18.3 Å². The van der Waals surface area contributed by atoms with Gasteiger partial charge in [0.2, 0.25) is 11.8 Å². The van der Waals surface area contributed by atoms with Crippen LogP contribution < -0.4 is 15.4 Å². The van der Waals surface area contributed by atoms with Gasteiger partial charge in [0.15, 0.2) is 0 Å². The van der Waals surface area contributed by atoms with Crippen molar-refractivity contribution in [1.29, 1.82) is 0 Å². The summed E-state index contributed by atoms with van der Waals surface area (Å²) in [7, 11) is 0. The maximum atomic E-state index is 14.8. The van der Waals surface area contributed by atoms with Crippen molar-refractivity contribution in [3.05, 3.63) is 59.0 Å². The number of hydrogen-bond acceptors (Lipinski definition) is 5. The minimum Gasteiger partial charge on any atom is -0.471 e. The van der Waals surface area contributed by atoms with Gasteiger partial charge in [0, 0.05) is 43.3 Å². The second-order valence-electron chi connectivity index (χ2n) is 10.3. The first kappa shape index (κ1) is 25.5. The summed E-state index contributed by atoms with van der Waals surface area (Å²) in [6.45, 7) is 5.28. The predicted molar refractivity (Wildman–Crippen MR) is 129 cm³/mol. The third-order valence-electron chi connectivity index (χ3n) is 7.13. The Morgan fingerprint density at radius 3 is 2.60 bits per heavy atom. The number of aliphatic hydroxyl groups is 1. The maximum Gasteiger partial charge on any atom is 0.218 e. The molecule has 4 atom stereocenters. The number of amides is 1. The highest BCUT2D eigenvalue weighted by molar-refractivity contribution is 5.73. The third-order valence-corrected chi connectivity index (χ3v) is 7.13. The van der Waals surface area contributed by atoms with Gasteiger partial charge in [-0.15, -0.1) is 0 Å². The smallest absolute Gasteiger partial charge is 0.218 e. The van der Waals surface area contributed by atoms with Crippen molar-refractivity contribution in [2.75, 3.05) is 6.54 Å². The van der Waals surface area contributed by atoms with E-state index in [2.05, 4.69) is 15.6 Å². The summed E-state index contributed by atoms with van der Waals surface area (Å²) in [6, 6.07) is 7.13. The number of rotatable bonds is 9. The lowest BCUT2D eigenvalue weighted by Crippen LogP contribution is -2.52. The summed E-state index contributed by atoms with van der Waals surface area (Å²) in [5.41, 5.74) is 1.85. The van der Waals surface area contributed by atoms with Crippen molar-refractivity contribution in [3.8, 4) is 5.88 Å². The van der Waals surface area contributed by atoms with E-state index in [1.54, 1.807) is 18.3 Å². The lowest BCUT2D eigenvalue weighted by atomic mass is 9.73. The largest absolute Gasteiger partial charge is 0.471 e. The molecular formula is C27H35F2N3O3. The van der Waals surface area contributed by atoms with Gasteiger partial charge in [-0.2, -0.15) is 0 Å². The van der Waals surface area contributed by atoms with Gasteiger partial charge in [0.05, 0.1) is 12.1 Å². The van der Waals surface area contributed by atoms with Crippen LogP contribution in [0.15, 0.2) is 36.5 Å². The Bertz CT molecular complexity index is 1030. The Balaban J connectivity index is 1.50. The molecule has 1 fully saturated rings. The average Bonchev–Trinajstić information content (AvgIpc) is 2.80. The maximum absolute atomic E-state index is 14.8. The second kappa shape index (κ2) is 10.6. The summed E-state index contributed by atoms with van der Waals surface area (Å²) in [6.07, 6.45) is 3.57. The van der Waals surface area contributed by atoms with E-state index in [0.717, 1.165) is 30.4 Å². The molecule has 1 aromatic carbocycles. The van der Waals surface area contributed by atoms with Gasteiger partial charge in [-0.25, -0.2) is 13.8 Å². The van der Waals surface area contributed by atoms with Crippen molar-refractivity contribution in [2.24, 2.45) is 5.92 Å². The van der Waals surface area contributed by atoms with Crippen LogP contribution in [0.25, 0.3) is 0 Å². The molecule has 190 valence electrons. The lowest BCUT2D eigenvalue weighted by Gasteiger charge is -2.47. The molecule has 3 N–H and O–H groups in total. The van der Waals surface area contributed by atoms with Crippen LogP contribution in [0.5, 0.6) is 5.88 Å². The van der Waals surface area contributed by atoms with E-state index in [-0.39, 0.29) is 35.8 Å². The Kier molecular flexibility index (Phi) is 7.71. The molecule has 0 radical (unpaired) electrons. The number of nitrogens with zero attached hydrogens (tertiary/aromatic N) is 1. The monoisotopic (exact) mass is 487 g/mol. The first-order valence-electron chi connectivity index (χ1n) is 12.4. The fourth-order valence-electron chi connectivity index (χ4n) is 4.97. The van der Waals surface area contributed by atoms with Gasteiger partial charge in [0.25, 0.3) is 0 Å². The van der Waals surface area contributed by atoms with Crippen molar-refractivity contribution in [2.45, 2.75) is 82.8 Å². The summed E-state index contributed by atoms with van der Waals surface area (Å²) < 4.78 is 34.3. The first-order valence-corrected chi connectivity index (χ1v) is 12.4. The number of alkyl halides is 1. The lowest BCUT2D eigenvalue weighted by molar-refractivity contribution is -0.120. The SMILES string of the molecule is CC(=O)N[C@@H](Cc1ccc(F)cc1)[C@@H](O)CN[C@H]1CC2(CCC2)Oc2ncc([C@H](F)C(C)C)cc21. The molecule has 2 aliphatic rings. The molecule has 1 amide bonds. The molecule has 35 heavy (non-hydrogen) atoms. The number of pyridine rings is 1. The molecule has 1 aliphatic heterocycles. The molecule has 0 saturated heterocycles. The fraction of sp³-hybridized carbons (Fsp3) is 0.556. The molecule has 1 spiro atoms. The van der Waals surface area contributed by atoms with Gasteiger partial charge >= 0.3 is 0 Å². The van der Waals surface area contributed by atoms with E-state index in [0.29, 0.717) is 24.3 Å². The molecule has 1 saturated carbocycles. The van der Waals surface area contributed by atoms with Crippen LogP contribution in [0.4, 0.5) is 8.78 Å². The van der Waals surface area contributed by atoms with E-state index in [4.69, 9.17) is 4.74 Å². The van der Waals surface area contributed by atoms with Crippen molar-refractivity contribution >= 4 is 5.91 Å². The number of carbonyl (C=O) groups is 1. The minimum absolute atomic E-state index is 0.163. The van der Waals surface area contributed by atoms with Crippen LogP contribution >= 0.6 is 0 Å². The van der Waals surface area contributed by atoms with Crippen LogP contribution in [0, 0.1) is 11.7 Å². The molecule has 8 heteroatoms. The van der Waals surface area contributed by atoms with Crippen molar-refractivity contribution in [1.82, 2.24) is 15.6 Å². The number of nitrogens with one attached hydrogen (secondary N) is 2. The number of carbonyl (C=O) groups excluding carboxylic acids is 1. The summed E-state index contributed by atoms with van der Waals surface area (Å²) in [5.74, 6) is -0.239. The van der Waals surface area contributed by atoms with Gasteiger partial charge in [-0.1, -0.05) is 26.0 Å². The predicted octanol–water partition coefficient (Wildman–Crippen LogP) is 4.33. The highest BCUT2D eigenvalue weighted by atomic mass is 19.1. The second-order valence-corrected chi connectivity index (χ2v) is 10.3. The van der Waals surface area contributed by atoms with E-state index in [9.17, 15) is 18.7 Å². The normalized spacial score (nSPS) is 20.9. The highest BCUT2D eigenvalue weighted by Gasteiger charge is 2.46. The number of aliphatic hydroxyl groups excluding tert-OH is 1. The summed E-state index contributed by atoms with van der Waals surface area (Å²) >= 11 is 0. The Morgan fingerprint density at radius 2 is 2.00 bits per heavy atom. The first-order chi connectivity index (χ1) is 16.7. The van der Waals surface area contributed by atoms with Crippen LogP contribution in [-0.2, 0) is 11.2 Å². The summed E-state index contributed by atoms with van der Waals surface area (Å²) in [5, 5.41) is 17.3. The number of halogens is 2. The van der Waals surface area contributed by atoms with E-state index in [1.165, 1.54) is 19.1 Å². The highest BCUT2D eigenvalue weighted by Crippen LogP contribution is 2.48. The molecule has 2 aromatic rings. The Labute approximate surface area is 205 Å². The number of fused-ring (bicyclic) bond motifs is 1. The topological polar surface area (TPSA) is 83.5 Å². The summed E-state index contributed by atoms with van der Waals surface area (Å²) in [4.78, 5) is 16.3. The molecular weight excluding hydrogens is 452 g/mol. The average molecular weight is 488 g/mol. The van der Waals surface area contributed by atoms with Gasteiger partial charge in [-0.3, -0.25) is 4.79 Å². The zero-order valence-electron chi connectivity index (χ0n) is 20.6. The van der Waals surface area contributed by atoms with Gasteiger partial charge < -0.3 is 20.5 Å². The van der Waals surface area contributed by atoms with Gasteiger partial charge in [-0.05, 0) is 55.4 Å². The molecule has 1 aromatic heterocycles. The van der Waals surface area contributed by atoms with E-state index >= 15 is 0 Å². The number of ether oxygens (including phenoxy) is 1. The van der Waals surface area contributed by atoms with E-state index in [1.807, 2.05) is 19.9 Å². The molecule has 2 heterocycles. The van der Waals surface area contributed by atoms with Gasteiger partial charge in [0.1, 0.15) is 17.6 Å².